The van der Waals surface area contributed by atoms with E-state index < -0.39 is 0 Å². The summed E-state index contributed by atoms with van der Waals surface area (Å²) in [6.45, 7) is 2.81. The summed E-state index contributed by atoms with van der Waals surface area (Å²) in [4.78, 5) is 24.6. The number of fused-ring (bicyclic) bond motifs is 2. The standard InChI is InChI=1S/C19H21N3O3S/c20-7-8-21-9-10-22-12-18(23)25-13-5-6-17-15(11-13)19(24)14-3-1-2-4-16(14)26-17/h1-6,11,21-22H,7-10,12,20H2. The van der Waals surface area contributed by atoms with Crippen LogP contribution in [0.4, 0.5) is 0 Å². The predicted octanol–water partition coefficient (Wildman–Crippen LogP) is 1.46. The first-order valence-electron chi connectivity index (χ1n) is 8.47. The van der Waals surface area contributed by atoms with Gasteiger partial charge in [0.05, 0.1) is 6.54 Å². The molecule has 1 aromatic heterocycles. The molecule has 0 amide bonds. The number of carbonyl (C=O) groups excluding carboxylic acids is 1. The third kappa shape index (κ3) is 4.44. The minimum atomic E-state index is -0.389. The number of esters is 1. The summed E-state index contributed by atoms with van der Waals surface area (Å²) in [5, 5.41) is 7.37. The summed E-state index contributed by atoms with van der Waals surface area (Å²) in [6, 6.07) is 12.7. The van der Waals surface area contributed by atoms with E-state index in [1.54, 1.807) is 23.5 Å². The molecular formula is C19H21N3O3S. The molecule has 136 valence electrons. The third-order valence-electron chi connectivity index (χ3n) is 3.85. The first-order chi connectivity index (χ1) is 12.7. The van der Waals surface area contributed by atoms with Crippen LogP contribution >= 0.6 is 11.3 Å². The molecule has 1 heterocycles. The SMILES string of the molecule is NCCNCCNCC(=O)Oc1ccc2sc3ccccc3c(=O)c2c1. The van der Waals surface area contributed by atoms with Crippen molar-refractivity contribution in [2.45, 2.75) is 0 Å². The van der Waals surface area contributed by atoms with Crippen LogP contribution in [-0.4, -0.2) is 38.7 Å². The van der Waals surface area contributed by atoms with Crippen LogP contribution in [0.1, 0.15) is 0 Å². The Morgan fingerprint density at radius 3 is 2.62 bits per heavy atom. The minimum absolute atomic E-state index is 0.0450. The molecule has 0 fully saturated rings. The molecule has 0 bridgehead atoms. The van der Waals surface area contributed by atoms with E-state index in [0.717, 1.165) is 22.5 Å². The summed E-state index contributed by atoms with van der Waals surface area (Å²) in [5.41, 5.74) is 5.33. The van der Waals surface area contributed by atoms with Crippen LogP contribution in [0.5, 0.6) is 5.75 Å². The first-order valence-corrected chi connectivity index (χ1v) is 9.28. The van der Waals surface area contributed by atoms with Gasteiger partial charge >= 0.3 is 5.97 Å². The average molecular weight is 371 g/mol. The van der Waals surface area contributed by atoms with Crippen molar-refractivity contribution < 1.29 is 9.53 Å². The zero-order valence-corrected chi connectivity index (χ0v) is 15.1. The van der Waals surface area contributed by atoms with Crippen LogP contribution in [0.25, 0.3) is 20.2 Å². The van der Waals surface area contributed by atoms with Gasteiger partial charge in [0, 0.05) is 46.4 Å². The second-order valence-electron chi connectivity index (χ2n) is 5.77. The van der Waals surface area contributed by atoms with Gasteiger partial charge < -0.3 is 21.1 Å². The Morgan fingerprint density at radius 2 is 1.77 bits per heavy atom. The van der Waals surface area contributed by atoms with Gasteiger partial charge in [0.2, 0.25) is 0 Å². The van der Waals surface area contributed by atoms with Crippen molar-refractivity contribution in [1.82, 2.24) is 10.6 Å². The molecule has 0 aliphatic heterocycles. The number of ether oxygens (including phenoxy) is 1. The fourth-order valence-corrected chi connectivity index (χ4v) is 3.66. The van der Waals surface area contributed by atoms with E-state index in [1.165, 1.54) is 0 Å². The summed E-state index contributed by atoms with van der Waals surface area (Å²) in [5.74, 6) is -0.00905. The maximum Gasteiger partial charge on any atom is 0.325 e. The molecule has 4 N–H and O–H groups in total. The average Bonchev–Trinajstić information content (AvgIpc) is 2.65. The van der Waals surface area contributed by atoms with E-state index in [9.17, 15) is 9.59 Å². The van der Waals surface area contributed by atoms with Gasteiger partial charge in [-0.05, 0) is 30.3 Å². The van der Waals surface area contributed by atoms with Crippen LogP contribution in [0.15, 0.2) is 47.3 Å². The molecule has 3 rings (SSSR count). The van der Waals surface area contributed by atoms with Gasteiger partial charge in [0.1, 0.15) is 5.75 Å². The molecule has 2 aromatic carbocycles. The highest BCUT2D eigenvalue weighted by Crippen LogP contribution is 2.27. The van der Waals surface area contributed by atoms with Gasteiger partial charge in [0.25, 0.3) is 0 Å². The lowest BCUT2D eigenvalue weighted by Gasteiger charge is -2.07. The van der Waals surface area contributed by atoms with Crippen LogP contribution in [0.3, 0.4) is 0 Å². The number of hydrogen-bond acceptors (Lipinski definition) is 7. The Kier molecular flexibility index (Phi) is 6.30. The van der Waals surface area contributed by atoms with E-state index in [-0.39, 0.29) is 17.9 Å². The lowest BCUT2D eigenvalue weighted by molar-refractivity contribution is -0.133. The zero-order valence-electron chi connectivity index (χ0n) is 14.3. The van der Waals surface area contributed by atoms with E-state index in [1.807, 2.05) is 30.3 Å². The molecule has 0 atom stereocenters. The number of benzene rings is 2. The van der Waals surface area contributed by atoms with Gasteiger partial charge in [-0.2, -0.15) is 0 Å². The molecule has 0 radical (unpaired) electrons. The highest BCUT2D eigenvalue weighted by atomic mass is 32.1. The molecule has 0 saturated carbocycles. The third-order valence-corrected chi connectivity index (χ3v) is 5.00. The van der Waals surface area contributed by atoms with Crippen LogP contribution in [0.2, 0.25) is 0 Å². The monoisotopic (exact) mass is 371 g/mol. The summed E-state index contributed by atoms with van der Waals surface area (Å²) >= 11 is 1.55. The van der Waals surface area contributed by atoms with E-state index >= 15 is 0 Å². The molecule has 0 saturated heterocycles. The highest BCUT2D eigenvalue weighted by molar-refractivity contribution is 7.24. The number of nitrogens with two attached hydrogens (primary N) is 1. The van der Waals surface area contributed by atoms with Gasteiger partial charge in [-0.1, -0.05) is 12.1 Å². The van der Waals surface area contributed by atoms with Gasteiger partial charge in [-0.15, -0.1) is 11.3 Å². The Bertz CT molecular complexity index is 971. The molecule has 0 aliphatic carbocycles. The van der Waals surface area contributed by atoms with Crippen molar-refractivity contribution in [3.05, 3.63) is 52.7 Å². The molecular weight excluding hydrogens is 350 g/mol. The summed E-state index contributed by atoms with van der Waals surface area (Å²) < 4.78 is 7.16. The molecule has 7 heteroatoms. The Balaban J connectivity index is 1.67. The first kappa shape index (κ1) is 18.5. The van der Waals surface area contributed by atoms with Crippen LogP contribution in [0, 0.1) is 0 Å². The number of carbonyl (C=O) groups is 1. The number of rotatable bonds is 8. The number of nitrogens with one attached hydrogen (secondary N) is 2. The maximum atomic E-state index is 12.7. The smallest absolute Gasteiger partial charge is 0.325 e. The van der Waals surface area contributed by atoms with Crippen molar-refractivity contribution in [2.75, 3.05) is 32.7 Å². The van der Waals surface area contributed by atoms with E-state index in [4.69, 9.17) is 10.5 Å². The Labute approximate surface area is 155 Å². The quantitative estimate of drug-likeness (QED) is 0.240. The molecule has 26 heavy (non-hydrogen) atoms. The van der Waals surface area contributed by atoms with E-state index in [0.29, 0.717) is 29.6 Å². The topological polar surface area (TPSA) is 93.5 Å². The second kappa shape index (κ2) is 8.86. The van der Waals surface area contributed by atoms with Crippen molar-refractivity contribution in [3.8, 4) is 5.75 Å². The zero-order chi connectivity index (χ0) is 18.4. The van der Waals surface area contributed by atoms with Crippen LogP contribution < -0.4 is 26.5 Å². The maximum absolute atomic E-state index is 12.7. The lowest BCUT2D eigenvalue weighted by Crippen LogP contribution is -2.34. The van der Waals surface area contributed by atoms with Crippen molar-refractivity contribution in [2.24, 2.45) is 5.73 Å². The predicted molar refractivity (Wildman–Crippen MR) is 106 cm³/mol. The molecule has 0 unspecified atom stereocenters. The highest BCUT2D eigenvalue weighted by Gasteiger charge is 2.09. The Morgan fingerprint density at radius 1 is 1.00 bits per heavy atom. The van der Waals surface area contributed by atoms with Crippen molar-refractivity contribution >= 4 is 37.5 Å². The molecule has 0 aliphatic rings. The van der Waals surface area contributed by atoms with Gasteiger partial charge in [0.15, 0.2) is 5.43 Å². The van der Waals surface area contributed by atoms with Crippen LogP contribution in [-0.2, 0) is 4.79 Å². The summed E-state index contributed by atoms with van der Waals surface area (Å²) in [6.07, 6.45) is 0. The van der Waals surface area contributed by atoms with Crippen molar-refractivity contribution in [3.63, 3.8) is 0 Å². The largest absolute Gasteiger partial charge is 0.426 e. The number of hydrogen-bond donors (Lipinski definition) is 3. The molecule has 0 spiro atoms. The fraction of sp³-hybridized carbons (Fsp3) is 0.263. The second-order valence-corrected chi connectivity index (χ2v) is 6.86. The van der Waals surface area contributed by atoms with Gasteiger partial charge in [-0.25, -0.2) is 0 Å². The van der Waals surface area contributed by atoms with Gasteiger partial charge in [-0.3, -0.25) is 9.59 Å². The molecule has 6 nitrogen and oxygen atoms in total. The normalized spacial score (nSPS) is 11.1. The minimum Gasteiger partial charge on any atom is -0.426 e. The Hall–Kier alpha value is -2.32. The fourth-order valence-electron chi connectivity index (χ4n) is 2.61. The molecule has 3 aromatic rings. The summed E-state index contributed by atoms with van der Waals surface area (Å²) in [7, 11) is 0. The lowest BCUT2D eigenvalue weighted by atomic mass is 10.2. The van der Waals surface area contributed by atoms with E-state index in [2.05, 4.69) is 10.6 Å². The van der Waals surface area contributed by atoms with Crippen molar-refractivity contribution in [1.29, 1.82) is 0 Å².